The molecule has 1 heterocycles. The maximum Gasteiger partial charge on any atom is 0.313 e. The Morgan fingerprint density at radius 1 is 1.08 bits per heavy atom. The standard InChI is InChI=1S/C20H22N2O3/c23-17-10-6-12-22(14-17)20(25)19(24)21-18-11-5-4-9-16(18)13-15-7-2-1-3-8-15/h1-5,7-9,11,17,23H,6,10,12-14H2,(H,21,24). The zero-order valence-electron chi connectivity index (χ0n) is 14.0. The summed E-state index contributed by atoms with van der Waals surface area (Å²) >= 11 is 0. The van der Waals surface area contributed by atoms with E-state index in [1.807, 2.05) is 48.5 Å². The van der Waals surface area contributed by atoms with E-state index in [1.165, 1.54) is 4.90 Å². The van der Waals surface area contributed by atoms with E-state index in [0.717, 1.165) is 11.1 Å². The molecule has 2 aromatic carbocycles. The fourth-order valence-electron chi connectivity index (χ4n) is 3.07. The number of nitrogens with zero attached hydrogens (tertiary/aromatic N) is 1. The molecule has 0 spiro atoms. The second-order valence-corrected chi connectivity index (χ2v) is 6.32. The number of nitrogens with one attached hydrogen (secondary N) is 1. The Hall–Kier alpha value is -2.66. The van der Waals surface area contributed by atoms with Gasteiger partial charge < -0.3 is 15.3 Å². The van der Waals surface area contributed by atoms with Crippen molar-refractivity contribution in [2.45, 2.75) is 25.4 Å². The number of β-amino-alcohol motifs (C(OH)–C–C–N with tert-alkyl or cyclic N) is 1. The van der Waals surface area contributed by atoms with E-state index >= 15 is 0 Å². The molecule has 1 aliphatic heterocycles. The van der Waals surface area contributed by atoms with Crippen molar-refractivity contribution < 1.29 is 14.7 Å². The van der Waals surface area contributed by atoms with Crippen molar-refractivity contribution in [3.8, 4) is 0 Å². The molecule has 0 radical (unpaired) electrons. The number of rotatable bonds is 3. The van der Waals surface area contributed by atoms with Crippen molar-refractivity contribution in [2.75, 3.05) is 18.4 Å². The monoisotopic (exact) mass is 338 g/mol. The minimum absolute atomic E-state index is 0.220. The number of likely N-dealkylation sites (tertiary alicyclic amines) is 1. The van der Waals surface area contributed by atoms with Gasteiger partial charge >= 0.3 is 11.8 Å². The molecule has 2 amide bonds. The van der Waals surface area contributed by atoms with Crippen LogP contribution in [0.1, 0.15) is 24.0 Å². The van der Waals surface area contributed by atoms with Crippen LogP contribution in [0.2, 0.25) is 0 Å². The quantitative estimate of drug-likeness (QED) is 0.843. The SMILES string of the molecule is O=C(Nc1ccccc1Cc1ccccc1)C(=O)N1CCCC(O)C1. The number of carbonyl (C=O) groups excluding carboxylic acids is 2. The van der Waals surface area contributed by atoms with E-state index in [0.29, 0.717) is 31.5 Å². The van der Waals surface area contributed by atoms with Crippen molar-refractivity contribution in [3.63, 3.8) is 0 Å². The van der Waals surface area contributed by atoms with Gasteiger partial charge in [-0.2, -0.15) is 0 Å². The van der Waals surface area contributed by atoms with Gasteiger partial charge in [0.2, 0.25) is 0 Å². The predicted molar refractivity (Wildman–Crippen MR) is 96.1 cm³/mol. The Kier molecular flexibility index (Phi) is 5.46. The summed E-state index contributed by atoms with van der Waals surface area (Å²) in [6, 6.07) is 17.5. The van der Waals surface area contributed by atoms with Gasteiger partial charge in [0.1, 0.15) is 0 Å². The van der Waals surface area contributed by atoms with Crippen LogP contribution in [0, 0.1) is 0 Å². The number of carbonyl (C=O) groups is 2. The smallest absolute Gasteiger partial charge is 0.313 e. The Morgan fingerprint density at radius 3 is 2.56 bits per heavy atom. The van der Waals surface area contributed by atoms with Crippen LogP contribution in [0.15, 0.2) is 54.6 Å². The number of hydrogen-bond acceptors (Lipinski definition) is 3. The number of para-hydroxylation sites is 1. The summed E-state index contributed by atoms with van der Waals surface area (Å²) in [5.41, 5.74) is 2.73. The second kappa shape index (κ2) is 7.94. The summed E-state index contributed by atoms with van der Waals surface area (Å²) in [6.07, 6.45) is 1.51. The van der Waals surface area contributed by atoms with Gasteiger partial charge in [0.25, 0.3) is 0 Å². The molecular formula is C20H22N2O3. The van der Waals surface area contributed by atoms with Crippen molar-refractivity contribution in [1.29, 1.82) is 0 Å². The third kappa shape index (κ3) is 4.45. The highest BCUT2D eigenvalue weighted by Crippen LogP contribution is 2.19. The minimum atomic E-state index is -0.658. The average molecular weight is 338 g/mol. The van der Waals surface area contributed by atoms with Crippen molar-refractivity contribution in [1.82, 2.24) is 4.90 Å². The third-order valence-corrected chi connectivity index (χ3v) is 4.38. The first-order valence-electron chi connectivity index (χ1n) is 8.53. The molecule has 3 rings (SSSR count). The van der Waals surface area contributed by atoms with Gasteiger partial charge in [0.15, 0.2) is 0 Å². The predicted octanol–water partition coefficient (Wildman–Crippen LogP) is 2.20. The Bertz CT molecular complexity index is 746. The summed E-state index contributed by atoms with van der Waals surface area (Å²) in [7, 11) is 0. The zero-order chi connectivity index (χ0) is 17.6. The summed E-state index contributed by atoms with van der Waals surface area (Å²) in [5.74, 6) is -1.25. The molecule has 0 aliphatic carbocycles. The van der Waals surface area contributed by atoms with Crippen LogP contribution >= 0.6 is 0 Å². The summed E-state index contributed by atoms with van der Waals surface area (Å²) in [5, 5.41) is 12.4. The van der Waals surface area contributed by atoms with Crippen LogP contribution in [0.3, 0.4) is 0 Å². The number of anilines is 1. The van der Waals surface area contributed by atoms with E-state index in [4.69, 9.17) is 0 Å². The molecule has 0 saturated carbocycles. The lowest BCUT2D eigenvalue weighted by molar-refractivity contribution is -0.145. The fraction of sp³-hybridized carbons (Fsp3) is 0.300. The van der Waals surface area contributed by atoms with Crippen molar-refractivity contribution in [3.05, 3.63) is 65.7 Å². The van der Waals surface area contributed by atoms with Crippen LogP contribution in [0.5, 0.6) is 0 Å². The van der Waals surface area contributed by atoms with Gasteiger partial charge in [-0.25, -0.2) is 0 Å². The highest BCUT2D eigenvalue weighted by molar-refractivity contribution is 6.39. The first-order chi connectivity index (χ1) is 12.1. The first kappa shape index (κ1) is 17.2. The van der Waals surface area contributed by atoms with Gasteiger partial charge in [0.05, 0.1) is 6.10 Å². The normalized spacial score (nSPS) is 17.2. The molecule has 1 atom stereocenters. The number of aliphatic hydroxyl groups is 1. The summed E-state index contributed by atoms with van der Waals surface area (Å²) in [6.45, 7) is 0.729. The number of amides is 2. The van der Waals surface area contributed by atoms with Crippen molar-refractivity contribution >= 4 is 17.5 Å². The van der Waals surface area contributed by atoms with Gasteiger partial charge in [-0.05, 0) is 36.5 Å². The maximum atomic E-state index is 12.3. The van der Waals surface area contributed by atoms with Crippen molar-refractivity contribution in [2.24, 2.45) is 0 Å². The summed E-state index contributed by atoms with van der Waals surface area (Å²) in [4.78, 5) is 26.1. The Labute approximate surface area is 147 Å². The minimum Gasteiger partial charge on any atom is -0.391 e. The highest BCUT2D eigenvalue weighted by Gasteiger charge is 2.27. The molecule has 2 aromatic rings. The van der Waals surface area contributed by atoms with E-state index in [2.05, 4.69) is 5.32 Å². The molecule has 5 nitrogen and oxygen atoms in total. The molecule has 5 heteroatoms. The van der Waals surface area contributed by atoms with Crippen LogP contribution in [-0.4, -0.2) is 41.0 Å². The average Bonchev–Trinajstić information content (AvgIpc) is 2.63. The largest absolute Gasteiger partial charge is 0.391 e. The molecule has 1 fully saturated rings. The molecular weight excluding hydrogens is 316 g/mol. The Morgan fingerprint density at radius 2 is 1.80 bits per heavy atom. The van der Waals surface area contributed by atoms with E-state index in [9.17, 15) is 14.7 Å². The van der Waals surface area contributed by atoms with E-state index in [-0.39, 0.29) is 6.54 Å². The molecule has 130 valence electrons. The first-order valence-corrected chi connectivity index (χ1v) is 8.53. The molecule has 2 N–H and O–H groups in total. The maximum absolute atomic E-state index is 12.3. The van der Waals surface area contributed by atoms with Crippen LogP contribution in [0.25, 0.3) is 0 Å². The molecule has 0 bridgehead atoms. The second-order valence-electron chi connectivity index (χ2n) is 6.32. The summed E-state index contributed by atoms with van der Waals surface area (Å²) < 4.78 is 0. The topological polar surface area (TPSA) is 69.6 Å². The van der Waals surface area contributed by atoms with Gasteiger partial charge in [-0.3, -0.25) is 9.59 Å². The lowest BCUT2D eigenvalue weighted by Gasteiger charge is -2.29. The molecule has 1 unspecified atom stereocenters. The van der Waals surface area contributed by atoms with Gasteiger partial charge in [0, 0.05) is 18.8 Å². The lowest BCUT2D eigenvalue weighted by Crippen LogP contribution is -2.46. The fourth-order valence-corrected chi connectivity index (χ4v) is 3.07. The molecule has 0 aromatic heterocycles. The van der Waals surface area contributed by atoms with Gasteiger partial charge in [-0.15, -0.1) is 0 Å². The molecule has 25 heavy (non-hydrogen) atoms. The van der Waals surface area contributed by atoms with Crippen LogP contribution in [-0.2, 0) is 16.0 Å². The zero-order valence-corrected chi connectivity index (χ0v) is 14.0. The third-order valence-electron chi connectivity index (χ3n) is 4.38. The molecule has 1 aliphatic rings. The number of piperidine rings is 1. The Balaban J connectivity index is 1.70. The lowest BCUT2D eigenvalue weighted by atomic mass is 10.0. The van der Waals surface area contributed by atoms with E-state index in [1.54, 1.807) is 6.07 Å². The number of benzene rings is 2. The van der Waals surface area contributed by atoms with Crippen LogP contribution < -0.4 is 5.32 Å². The van der Waals surface area contributed by atoms with E-state index < -0.39 is 17.9 Å². The van der Waals surface area contributed by atoms with Crippen LogP contribution in [0.4, 0.5) is 5.69 Å². The highest BCUT2D eigenvalue weighted by atomic mass is 16.3. The number of aliphatic hydroxyl groups excluding tert-OH is 1. The number of hydrogen-bond donors (Lipinski definition) is 2. The van der Waals surface area contributed by atoms with Gasteiger partial charge in [-0.1, -0.05) is 48.5 Å². The molecule has 1 saturated heterocycles.